The maximum Gasteiger partial charge on any atom is 0.341 e. The van der Waals surface area contributed by atoms with Crippen molar-refractivity contribution in [2.45, 2.75) is 18.9 Å². The van der Waals surface area contributed by atoms with E-state index in [0.717, 1.165) is 18.9 Å². The predicted molar refractivity (Wildman–Crippen MR) is 132 cm³/mol. The molecule has 2 N–H and O–H groups in total. The molecule has 0 spiro atoms. The van der Waals surface area contributed by atoms with Gasteiger partial charge in [-0.1, -0.05) is 17.3 Å². The third-order valence-electron chi connectivity index (χ3n) is 6.38. The highest BCUT2D eigenvalue weighted by molar-refractivity contribution is 5.95. The van der Waals surface area contributed by atoms with Crippen molar-refractivity contribution in [1.29, 1.82) is 0 Å². The van der Waals surface area contributed by atoms with Gasteiger partial charge in [-0.3, -0.25) is 9.79 Å². The zero-order valence-corrected chi connectivity index (χ0v) is 19.5. The SMILES string of the molecule is CO/N=C1/CN(c2nc3c(cc2F)c(=O)c(C(=O)O)cn3C2CC2)CC1CN=Cc1ccccc1O. The Hall–Kier alpha value is -4.28. The lowest BCUT2D eigenvalue weighted by atomic mass is 10.1. The Labute approximate surface area is 205 Å². The summed E-state index contributed by atoms with van der Waals surface area (Å²) in [4.78, 5) is 39.9. The topological polar surface area (TPSA) is 130 Å². The number of anilines is 1. The van der Waals surface area contributed by atoms with Crippen LogP contribution in [-0.4, -0.2) is 64.4 Å². The molecule has 1 saturated carbocycles. The van der Waals surface area contributed by atoms with Crippen LogP contribution in [0, 0.1) is 11.7 Å². The Morgan fingerprint density at radius 1 is 1.33 bits per heavy atom. The van der Waals surface area contributed by atoms with Crippen LogP contribution in [0.1, 0.15) is 34.8 Å². The number of aromatic carboxylic acids is 1. The van der Waals surface area contributed by atoms with Gasteiger partial charge in [-0.25, -0.2) is 14.2 Å². The molecule has 0 amide bonds. The van der Waals surface area contributed by atoms with E-state index in [2.05, 4.69) is 15.1 Å². The van der Waals surface area contributed by atoms with E-state index in [1.165, 1.54) is 13.3 Å². The first-order valence-corrected chi connectivity index (χ1v) is 11.5. The number of aromatic nitrogens is 2. The number of para-hydroxylation sites is 1. The number of phenolic OH excluding ortho intramolecular Hbond substituents is 1. The summed E-state index contributed by atoms with van der Waals surface area (Å²) in [5, 5.41) is 23.4. The number of fused-ring (bicyclic) bond motifs is 1. The number of halogens is 1. The number of aromatic hydroxyl groups is 1. The molecule has 2 aliphatic rings. The molecule has 0 radical (unpaired) electrons. The molecule has 36 heavy (non-hydrogen) atoms. The number of hydrogen-bond donors (Lipinski definition) is 2. The van der Waals surface area contributed by atoms with Gasteiger partial charge >= 0.3 is 5.97 Å². The molecule has 2 aromatic heterocycles. The van der Waals surface area contributed by atoms with E-state index in [0.29, 0.717) is 24.4 Å². The number of rotatable bonds is 7. The fourth-order valence-electron chi connectivity index (χ4n) is 4.42. The average molecular weight is 493 g/mol. The van der Waals surface area contributed by atoms with Crippen LogP contribution in [0.2, 0.25) is 0 Å². The van der Waals surface area contributed by atoms with Gasteiger partial charge in [0, 0.05) is 43.0 Å². The number of oxime groups is 1. The molecule has 1 aromatic carbocycles. The van der Waals surface area contributed by atoms with Crippen LogP contribution in [-0.2, 0) is 4.84 Å². The van der Waals surface area contributed by atoms with Crippen molar-refractivity contribution >= 4 is 34.7 Å². The summed E-state index contributed by atoms with van der Waals surface area (Å²) in [6.07, 6.45) is 4.54. The number of pyridine rings is 2. The second-order valence-electron chi connectivity index (χ2n) is 8.88. The van der Waals surface area contributed by atoms with Gasteiger partial charge in [-0.05, 0) is 31.0 Å². The summed E-state index contributed by atoms with van der Waals surface area (Å²) < 4.78 is 16.9. The fraction of sp³-hybridized carbons (Fsp3) is 0.320. The number of carboxylic acid groups (broad SMARTS) is 1. The van der Waals surface area contributed by atoms with Crippen molar-refractivity contribution in [3.63, 3.8) is 0 Å². The Morgan fingerprint density at radius 2 is 2.11 bits per heavy atom. The number of phenols is 1. The molecule has 3 aromatic rings. The summed E-state index contributed by atoms with van der Waals surface area (Å²) in [6, 6.07) is 7.94. The fourth-order valence-corrected chi connectivity index (χ4v) is 4.42. The number of benzene rings is 1. The molecular formula is C25H24FN5O5. The van der Waals surface area contributed by atoms with E-state index in [1.54, 1.807) is 39.9 Å². The van der Waals surface area contributed by atoms with Crippen molar-refractivity contribution in [3.05, 3.63) is 63.7 Å². The lowest BCUT2D eigenvalue weighted by molar-refractivity contribution is 0.0695. The number of carboxylic acids is 1. The van der Waals surface area contributed by atoms with Gasteiger partial charge in [0.05, 0.1) is 17.6 Å². The monoisotopic (exact) mass is 493 g/mol. The van der Waals surface area contributed by atoms with E-state index in [1.807, 2.05) is 0 Å². The molecule has 2 fully saturated rings. The largest absolute Gasteiger partial charge is 0.507 e. The van der Waals surface area contributed by atoms with Crippen LogP contribution in [0.3, 0.4) is 0 Å². The minimum absolute atomic E-state index is 0.0256. The first-order valence-electron chi connectivity index (χ1n) is 11.5. The number of hydrogen-bond acceptors (Lipinski definition) is 8. The van der Waals surface area contributed by atoms with Gasteiger partial charge in [-0.15, -0.1) is 0 Å². The Bertz CT molecular complexity index is 1460. The van der Waals surface area contributed by atoms with Crippen LogP contribution >= 0.6 is 0 Å². The van der Waals surface area contributed by atoms with Gasteiger partial charge in [0.25, 0.3) is 0 Å². The van der Waals surface area contributed by atoms with E-state index in [9.17, 15) is 19.8 Å². The minimum Gasteiger partial charge on any atom is -0.507 e. The smallest absolute Gasteiger partial charge is 0.341 e. The van der Waals surface area contributed by atoms with E-state index >= 15 is 4.39 Å². The molecule has 1 aliphatic carbocycles. The summed E-state index contributed by atoms with van der Waals surface area (Å²) in [5.41, 5.74) is 0.344. The highest BCUT2D eigenvalue weighted by atomic mass is 19.1. The average Bonchev–Trinajstić information content (AvgIpc) is 3.62. The molecule has 10 nitrogen and oxygen atoms in total. The van der Waals surface area contributed by atoms with Gasteiger partial charge < -0.3 is 24.5 Å². The van der Waals surface area contributed by atoms with Gasteiger partial charge in [0.1, 0.15) is 24.1 Å². The third-order valence-corrected chi connectivity index (χ3v) is 6.38. The highest BCUT2D eigenvalue weighted by Gasteiger charge is 2.33. The molecule has 0 bridgehead atoms. The number of carbonyl (C=O) groups is 1. The van der Waals surface area contributed by atoms with Crippen molar-refractivity contribution in [2.75, 3.05) is 31.6 Å². The highest BCUT2D eigenvalue weighted by Crippen LogP contribution is 2.37. The quantitative estimate of drug-likeness (QED) is 0.382. The number of aliphatic imine (C=N–C) groups is 1. The summed E-state index contributed by atoms with van der Waals surface area (Å²) in [7, 11) is 1.43. The molecule has 186 valence electrons. The van der Waals surface area contributed by atoms with E-state index < -0.39 is 22.8 Å². The maximum absolute atomic E-state index is 15.3. The Balaban J connectivity index is 1.47. The summed E-state index contributed by atoms with van der Waals surface area (Å²) >= 11 is 0. The molecule has 5 rings (SSSR count). The van der Waals surface area contributed by atoms with Gasteiger partial charge in [0.15, 0.2) is 11.6 Å². The maximum atomic E-state index is 15.3. The van der Waals surface area contributed by atoms with Gasteiger partial charge in [-0.2, -0.15) is 0 Å². The Kier molecular flexibility index (Phi) is 6.13. The van der Waals surface area contributed by atoms with E-state index in [4.69, 9.17) is 4.84 Å². The van der Waals surface area contributed by atoms with Crippen LogP contribution in [0.15, 0.2) is 51.5 Å². The van der Waals surface area contributed by atoms with E-state index in [-0.39, 0.29) is 41.1 Å². The zero-order valence-electron chi connectivity index (χ0n) is 19.5. The summed E-state index contributed by atoms with van der Waals surface area (Å²) in [6.45, 7) is 0.939. The Morgan fingerprint density at radius 3 is 2.81 bits per heavy atom. The summed E-state index contributed by atoms with van der Waals surface area (Å²) in [5.74, 6) is -2.10. The third kappa shape index (κ3) is 4.39. The van der Waals surface area contributed by atoms with Crippen LogP contribution in [0.25, 0.3) is 11.0 Å². The molecule has 11 heteroatoms. The molecular weight excluding hydrogens is 469 g/mol. The van der Waals surface area contributed by atoms with Gasteiger partial charge in [0.2, 0.25) is 5.43 Å². The molecule has 1 saturated heterocycles. The predicted octanol–water partition coefficient (Wildman–Crippen LogP) is 2.83. The zero-order chi connectivity index (χ0) is 25.4. The van der Waals surface area contributed by atoms with Crippen molar-refractivity contribution in [1.82, 2.24) is 9.55 Å². The van der Waals surface area contributed by atoms with Crippen LogP contribution in [0.5, 0.6) is 5.75 Å². The van der Waals surface area contributed by atoms with Crippen molar-refractivity contribution < 1.29 is 24.2 Å². The van der Waals surface area contributed by atoms with Crippen molar-refractivity contribution in [3.8, 4) is 5.75 Å². The standard InChI is InChI=1S/C25H24FN5O5/c1-36-29-20-13-30(11-15(20)10-27-9-14-4-2-3-5-21(14)32)24-19(26)8-17-22(33)18(25(34)35)12-31(16-6-7-16)23(17)28-24/h2-5,8-9,12,15-16,32H,6-7,10-11,13H2,1H3,(H,34,35)/b27-9?,29-20-. The number of nitrogens with zero attached hydrogens (tertiary/aromatic N) is 5. The molecule has 3 heterocycles. The first kappa shape index (κ1) is 23.5. The first-order chi connectivity index (χ1) is 17.4. The van der Waals surface area contributed by atoms with Crippen molar-refractivity contribution in [2.24, 2.45) is 16.1 Å². The lowest BCUT2D eigenvalue weighted by Crippen LogP contribution is -2.25. The molecule has 1 aliphatic heterocycles. The normalized spacial score (nSPS) is 19.0. The lowest BCUT2D eigenvalue weighted by Gasteiger charge is -2.19. The second kappa shape index (κ2) is 9.40. The molecule has 1 unspecified atom stereocenters. The minimum atomic E-state index is -1.35. The second-order valence-corrected chi connectivity index (χ2v) is 8.88. The van der Waals surface area contributed by atoms with Crippen LogP contribution in [0.4, 0.5) is 10.2 Å². The van der Waals surface area contributed by atoms with Crippen LogP contribution < -0.4 is 10.3 Å². The molecule has 1 atom stereocenters.